The molecule has 394 valence electrons. The van der Waals surface area contributed by atoms with Gasteiger partial charge in [0.25, 0.3) is 5.91 Å². The first-order valence-corrected chi connectivity index (χ1v) is 25.8. The van der Waals surface area contributed by atoms with Crippen LogP contribution >= 0.6 is 23.6 Å². The zero-order valence-electron chi connectivity index (χ0n) is 42.4. The van der Waals surface area contributed by atoms with Crippen LogP contribution in [-0.4, -0.2) is 128 Å². The molecule has 5 aromatic rings. The number of amides is 4. The molecule has 8 rings (SSSR count). The van der Waals surface area contributed by atoms with E-state index in [1.54, 1.807) is 29.0 Å². The van der Waals surface area contributed by atoms with Crippen LogP contribution in [0.1, 0.15) is 69.0 Å². The van der Waals surface area contributed by atoms with Crippen molar-refractivity contribution in [2.24, 2.45) is 5.41 Å². The third-order valence-electron chi connectivity index (χ3n) is 14.0. The molecule has 75 heavy (non-hydrogen) atoms. The fraction of sp³-hybridized carbons (Fsp3) is 0.407. The van der Waals surface area contributed by atoms with E-state index in [9.17, 15) is 42.7 Å². The Bertz CT molecular complexity index is 3000. The number of rotatable bonds is 14. The monoisotopic (exact) mass is 1070 g/mol. The molecule has 15 nitrogen and oxygen atoms in total. The highest BCUT2D eigenvalue weighted by atomic mass is 32.1. The summed E-state index contributed by atoms with van der Waals surface area (Å²) < 4.78 is 56.9. The highest BCUT2D eigenvalue weighted by molar-refractivity contribution is 7.81. The fourth-order valence-corrected chi connectivity index (χ4v) is 11.1. The summed E-state index contributed by atoms with van der Waals surface area (Å²) in [5.74, 6) is -3.62. The van der Waals surface area contributed by atoms with Crippen LogP contribution in [0, 0.1) is 29.5 Å². The number of β-amino-alcohol motifs (C(OH)–C–C–N with tert-alkyl or cyclic N) is 1. The van der Waals surface area contributed by atoms with Crippen molar-refractivity contribution in [2.75, 3.05) is 55.6 Å². The van der Waals surface area contributed by atoms with Gasteiger partial charge in [0, 0.05) is 57.8 Å². The third-order valence-corrected chi connectivity index (χ3v) is 15.3. The standard InChI is InChI=1S/C54H58F4N10O5S2/c1-32-46(75-31-62-32)36-13-9-34(10-14-36)27-61-48(71)42-25-39(69)29-66(42)49(72)47(52(2,3)4)63-43(70)30-65-23-21-64(22-24-65)20-19-33-7-11-35(12-8-33)40-17-16-38(28-60-40)68-51(74)67(50(73)53(68,5)6)41-18-15-37(26-59)44(45(41)55)54(56,57)58/h7-18,28,31,39,42,47,69H,19-25,27,29-30H2,1-6H3,(H,61,71)(H,63,70)/t39-,42+,47-/m1/s1. The van der Waals surface area contributed by atoms with Gasteiger partial charge in [-0.05, 0) is 85.8 Å². The SMILES string of the molecule is Cc1ncsc1-c1ccc(CNC(=O)[C@@H]2C[C@@H](O)CN2C(=O)[C@@H](NC(=O)CN2CCN(CCc3ccc(-c4ccc(N5C(=S)N(c6ccc(C#N)c(C(F)(F)F)c6F)C(=O)C5(C)C)cn4)cc3)CC2)C(C)(C)C)cc1. The molecule has 0 radical (unpaired) electrons. The van der Waals surface area contributed by atoms with E-state index < -0.39 is 69.8 Å². The lowest BCUT2D eigenvalue weighted by Crippen LogP contribution is -2.59. The minimum Gasteiger partial charge on any atom is -0.391 e. The lowest BCUT2D eigenvalue weighted by Gasteiger charge is -2.37. The van der Waals surface area contributed by atoms with E-state index in [-0.39, 0.29) is 43.0 Å². The van der Waals surface area contributed by atoms with Crippen molar-refractivity contribution in [3.8, 4) is 27.8 Å². The largest absolute Gasteiger partial charge is 0.420 e. The van der Waals surface area contributed by atoms with E-state index in [0.717, 1.165) is 75.9 Å². The summed E-state index contributed by atoms with van der Waals surface area (Å²) in [6.07, 6.45) is -3.72. The third kappa shape index (κ3) is 11.7. The summed E-state index contributed by atoms with van der Waals surface area (Å²) >= 11 is 7.13. The number of aliphatic hydroxyl groups is 1. The summed E-state index contributed by atoms with van der Waals surface area (Å²) in [5, 5.41) is 25.5. The van der Waals surface area contributed by atoms with E-state index >= 15 is 4.39 Å². The number of pyridine rings is 1. The van der Waals surface area contributed by atoms with Gasteiger partial charge in [-0.15, -0.1) is 11.3 Å². The molecule has 3 aliphatic rings. The number of halogens is 4. The van der Waals surface area contributed by atoms with Crippen molar-refractivity contribution >= 4 is 63.7 Å². The average Bonchev–Trinajstić information content (AvgIpc) is 4.04. The molecule has 3 fully saturated rings. The number of thiazole rings is 1. The molecule has 3 aliphatic heterocycles. The Kier molecular flexibility index (Phi) is 15.9. The number of carbonyl (C=O) groups is 4. The Morgan fingerprint density at radius 1 is 0.933 bits per heavy atom. The molecule has 3 N–H and O–H groups in total. The molecule has 0 saturated carbocycles. The fourth-order valence-electron chi connectivity index (χ4n) is 9.73. The number of nitrogens with one attached hydrogen (secondary N) is 2. The number of likely N-dealkylation sites (tertiary alicyclic amines) is 1. The van der Waals surface area contributed by atoms with Crippen LogP contribution in [-0.2, 0) is 38.3 Å². The number of hydrogen-bond acceptors (Lipinski definition) is 12. The van der Waals surface area contributed by atoms with Gasteiger partial charge in [0.15, 0.2) is 10.9 Å². The molecule has 5 heterocycles. The first-order chi connectivity index (χ1) is 35.5. The van der Waals surface area contributed by atoms with E-state index in [1.165, 1.54) is 35.9 Å². The molecule has 0 unspecified atom stereocenters. The summed E-state index contributed by atoms with van der Waals surface area (Å²) in [5.41, 5.74) is 2.06. The van der Waals surface area contributed by atoms with Crippen molar-refractivity contribution in [3.05, 3.63) is 118 Å². The summed E-state index contributed by atoms with van der Waals surface area (Å²) in [7, 11) is 0. The van der Waals surface area contributed by atoms with Crippen LogP contribution in [0.4, 0.5) is 28.9 Å². The van der Waals surface area contributed by atoms with Gasteiger partial charge in [0.2, 0.25) is 17.7 Å². The van der Waals surface area contributed by atoms with E-state index in [1.807, 2.05) is 76.2 Å². The van der Waals surface area contributed by atoms with Crippen molar-refractivity contribution < 1.29 is 41.8 Å². The lowest BCUT2D eigenvalue weighted by molar-refractivity contribution is -0.144. The topological polar surface area (TPSA) is 178 Å². The Hall–Kier alpha value is -6.70. The van der Waals surface area contributed by atoms with Crippen LogP contribution in [0.15, 0.2) is 84.5 Å². The summed E-state index contributed by atoms with van der Waals surface area (Å²) in [6, 6.07) is 20.5. The zero-order chi connectivity index (χ0) is 54.1. The number of alkyl halides is 3. The molecule has 0 spiro atoms. The zero-order valence-corrected chi connectivity index (χ0v) is 44.0. The van der Waals surface area contributed by atoms with Crippen LogP contribution < -0.4 is 20.4 Å². The van der Waals surface area contributed by atoms with Gasteiger partial charge in [-0.25, -0.2) is 9.37 Å². The highest BCUT2D eigenvalue weighted by Crippen LogP contribution is 2.42. The number of aromatic nitrogens is 2. The second kappa shape index (κ2) is 21.9. The van der Waals surface area contributed by atoms with Gasteiger partial charge in [-0.1, -0.05) is 69.3 Å². The van der Waals surface area contributed by atoms with Gasteiger partial charge < -0.3 is 30.4 Å². The maximum Gasteiger partial charge on any atom is 0.420 e. The molecule has 2 aromatic heterocycles. The number of carbonyl (C=O) groups excluding carboxylic acids is 4. The number of nitrogens with zero attached hydrogens (tertiary/aromatic N) is 8. The lowest BCUT2D eigenvalue weighted by atomic mass is 9.85. The molecule has 3 aromatic carbocycles. The predicted molar refractivity (Wildman–Crippen MR) is 281 cm³/mol. The van der Waals surface area contributed by atoms with Gasteiger partial charge in [-0.2, -0.15) is 18.4 Å². The molecule has 3 saturated heterocycles. The summed E-state index contributed by atoms with van der Waals surface area (Å²) in [4.78, 5) is 72.8. The smallest absolute Gasteiger partial charge is 0.391 e. The number of piperazine rings is 1. The minimum atomic E-state index is -5.19. The predicted octanol–water partition coefficient (Wildman–Crippen LogP) is 7.10. The maximum atomic E-state index is 15.5. The van der Waals surface area contributed by atoms with Crippen molar-refractivity contribution in [1.29, 1.82) is 5.26 Å². The number of thiocarbonyl (C=S) groups is 1. The van der Waals surface area contributed by atoms with Gasteiger partial charge >= 0.3 is 6.18 Å². The van der Waals surface area contributed by atoms with Crippen molar-refractivity contribution in [1.82, 2.24) is 35.3 Å². The van der Waals surface area contributed by atoms with Crippen molar-refractivity contribution in [2.45, 2.75) is 90.8 Å². The first kappa shape index (κ1) is 54.6. The van der Waals surface area contributed by atoms with Gasteiger partial charge in [0.05, 0.1) is 63.6 Å². The molecule has 0 aliphatic carbocycles. The highest BCUT2D eigenvalue weighted by Gasteiger charge is 2.52. The van der Waals surface area contributed by atoms with Gasteiger partial charge in [0.1, 0.15) is 23.2 Å². The Morgan fingerprint density at radius 2 is 1.59 bits per heavy atom. The second-order valence-corrected chi connectivity index (χ2v) is 21.9. The van der Waals surface area contributed by atoms with Crippen LogP contribution in [0.5, 0.6) is 0 Å². The molecule has 4 amide bonds. The van der Waals surface area contributed by atoms with E-state index in [2.05, 4.69) is 30.4 Å². The van der Waals surface area contributed by atoms with E-state index in [4.69, 9.17) is 12.2 Å². The minimum absolute atomic E-state index is 0.0156. The average molecular weight is 1070 g/mol. The molecule has 3 atom stereocenters. The van der Waals surface area contributed by atoms with Crippen LogP contribution in [0.2, 0.25) is 0 Å². The molecule has 21 heteroatoms. The molecule has 0 bridgehead atoms. The number of aliphatic hydroxyl groups excluding tert-OH is 1. The molecular weight excluding hydrogens is 1010 g/mol. The van der Waals surface area contributed by atoms with Crippen LogP contribution in [0.3, 0.4) is 0 Å². The normalized spacial score (nSPS) is 18.8. The van der Waals surface area contributed by atoms with Gasteiger partial charge in [-0.3, -0.25) is 34.0 Å². The number of benzene rings is 3. The second-order valence-electron chi connectivity index (χ2n) is 20.7. The number of aryl methyl sites for hydroxylation is 1. The Balaban J connectivity index is 0.803. The number of hydrogen-bond donors (Lipinski definition) is 3. The van der Waals surface area contributed by atoms with Crippen molar-refractivity contribution in [3.63, 3.8) is 0 Å². The maximum absolute atomic E-state index is 15.5. The Morgan fingerprint density at radius 3 is 2.19 bits per heavy atom. The number of anilines is 2. The Labute approximate surface area is 442 Å². The van der Waals surface area contributed by atoms with E-state index in [0.29, 0.717) is 24.5 Å². The summed E-state index contributed by atoms with van der Waals surface area (Å²) in [6.45, 7) is 14.5. The quantitative estimate of drug-likeness (QED) is 0.0761. The molecular formula is C54H58F4N10O5S2. The van der Waals surface area contributed by atoms with Crippen LogP contribution in [0.25, 0.3) is 21.7 Å². The first-order valence-electron chi connectivity index (χ1n) is 24.5. The number of nitriles is 1.